The number of nitrogens with two attached hydrogens (primary N) is 1. The first kappa shape index (κ1) is 19.3. The van der Waals surface area contributed by atoms with Crippen LogP contribution in [0.25, 0.3) is 11.4 Å². The van der Waals surface area contributed by atoms with E-state index in [9.17, 15) is 4.79 Å². The largest absolute Gasteiger partial charge is 0.497 e. The van der Waals surface area contributed by atoms with Crippen LogP contribution in [0.4, 0.5) is 5.69 Å². The zero-order valence-corrected chi connectivity index (χ0v) is 17.4. The Kier molecular flexibility index (Phi) is 5.19. The van der Waals surface area contributed by atoms with Crippen LogP contribution in [0.2, 0.25) is 0 Å². The van der Waals surface area contributed by atoms with Gasteiger partial charge in [0.2, 0.25) is 11.1 Å². The second-order valence-electron chi connectivity index (χ2n) is 7.05. The van der Waals surface area contributed by atoms with Crippen LogP contribution >= 0.6 is 11.8 Å². The summed E-state index contributed by atoms with van der Waals surface area (Å²) in [5, 5.41) is 8.55. The molecule has 29 heavy (non-hydrogen) atoms. The topological polar surface area (TPSA) is 86.3 Å². The Balaban J connectivity index is 1.52. The van der Waals surface area contributed by atoms with E-state index >= 15 is 0 Å². The molecule has 0 bridgehead atoms. The molecule has 150 valence electrons. The van der Waals surface area contributed by atoms with Gasteiger partial charge >= 0.3 is 0 Å². The van der Waals surface area contributed by atoms with Crippen molar-refractivity contribution in [2.45, 2.75) is 36.7 Å². The van der Waals surface area contributed by atoms with Crippen molar-refractivity contribution < 1.29 is 9.53 Å². The van der Waals surface area contributed by atoms with E-state index in [1.54, 1.807) is 7.11 Å². The number of fused-ring (bicyclic) bond motifs is 1. The third-order valence-corrected chi connectivity index (χ3v) is 6.13. The maximum Gasteiger partial charge on any atom is 0.240 e. The van der Waals surface area contributed by atoms with Crippen molar-refractivity contribution in [3.05, 3.63) is 54.1 Å². The predicted octanol–water partition coefficient (Wildman–Crippen LogP) is 3.13. The molecule has 2 aromatic carbocycles. The monoisotopic (exact) mass is 409 g/mol. The highest BCUT2D eigenvalue weighted by molar-refractivity contribution is 8.00. The zero-order valence-electron chi connectivity index (χ0n) is 16.6. The lowest BCUT2D eigenvalue weighted by Crippen LogP contribution is -2.40. The third kappa shape index (κ3) is 3.55. The number of hydrogen-bond donors (Lipinski definition) is 1. The van der Waals surface area contributed by atoms with E-state index in [1.165, 1.54) is 22.0 Å². The van der Waals surface area contributed by atoms with E-state index in [1.807, 2.05) is 54.3 Å². The van der Waals surface area contributed by atoms with Crippen LogP contribution in [0.1, 0.15) is 19.4 Å². The second-order valence-corrected chi connectivity index (χ2v) is 8.36. The SMILES string of the molecule is COc1ccc(-c2nnc(SC(C)C(=O)N3c4ccccc4CC3C)n2N)cc1. The molecule has 0 saturated heterocycles. The van der Waals surface area contributed by atoms with E-state index < -0.39 is 0 Å². The van der Waals surface area contributed by atoms with Crippen molar-refractivity contribution in [2.75, 3.05) is 17.9 Å². The Bertz CT molecular complexity index is 1030. The highest BCUT2D eigenvalue weighted by atomic mass is 32.2. The van der Waals surface area contributed by atoms with Gasteiger partial charge in [0.05, 0.1) is 12.4 Å². The van der Waals surface area contributed by atoms with Crippen molar-refractivity contribution in [3.63, 3.8) is 0 Å². The molecule has 0 saturated carbocycles. The molecule has 2 atom stereocenters. The van der Waals surface area contributed by atoms with Crippen molar-refractivity contribution in [1.82, 2.24) is 14.9 Å². The highest BCUT2D eigenvalue weighted by Gasteiger charge is 2.34. The number of amides is 1. The van der Waals surface area contributed by atoms with E-state index in [4.69, 9.17) is 10.6 Å². The summed E-state index contributed by atoms with van der Waals surface area (Å²) in [5.41, 5.74) is 3.02. The molecule has 7 nitrogen and oxygen atoms in total. The number of nitrogen functional groups attached to an aromatic ring is 1. The third-order valence-electron chi connectivity index (χ3n) is 5.09. The Morgan fingerprint density at radius 2 is 1.93 bits per heavy atom. The molecule has 0 fully saturated rings. The average molecular weight is 410 g/mol. The molecular formula is C21H23N5O2S. The molecule has 2 unspecified atom stereocenters. The fourth-order valence-corrected chi connectivity index (χ4v) is 4.42. The number of thioether (sulfide) groups is 1. The summed E-state index contributed by atoms with van der Waals surface area (Å²) in [6.45, 7) is 3.95. The first-order valence-corrected chi connectivity index (χ1v) is 10.3. The smallest absolute Gasteiger partial charge is 0.240 e. The summed E-state index contributed by atoms with van der Waals surface area (Å²) in [4.78, 5) is 15.1. The van der Waals surface area contributed by atoms with Crippen molar-refractivity contribution >= 4 is 23.4 Å². The normalized spacial score (nSPS) is 16.5. The summed E-state index contributed by atoms with van der Waals surface area (Å²) < 4.78 is 6.61. The molecule has 1 aromatic heterocycles. The molecule has 0 aliphatic carbocycles. The number of methoxy groups -OCH3 is 1. The predicted molar refractivity (Wildman–Crippen MR) is 115 cm³/mol. The van der Waals surface area contributed by atoms with Gasteiger partial charge in [-0.15, -0.1) is 10.2 Å². The number of anilines is 1. The molecule has 1 aliphatic heterocycles. The van der Waals surface area contributed by atoms with Gasteiger partial charge in [-0.25, -0.2) is 4.68 Å². The minimum absolute atomic E-state index is 0.0430. The van der Waals surface area contributed by atoms with Gasteiger partial charge in [0, 0.05) is 17.3 Å². The van der Waals surface area contributed by atoms with Gasteiger partial charge in [-0.05, 0) is 56.2 Å². The number of carbonyl (C=O) groups excluding carboxylic acids is 1. The van der Waals surface area contributed by atoms with Crippen molar-refractivity contribution in [1.29, 1.82) is 0 Å². The lowest BCUT2D eigenvalue weighted by molar-refractivity contribution is -0.118. The standard InChI is InChI=1S/C21H23N5O2S/c1-13-12-16-6-4-5-7-18(16)25(13)20(27)14(2)29-21-24-23-19(26(21)22)15-8-10-17(28-3)11-9-15/h4-11,13-14H,12,22H2,1-3H3. The zero-order chi connectivity index (χ0) is 20.5. The molecule has 1 amide bonds. The molecule has 8 heteroatoms. The first-order chi connectivity index (χ1) is 14.0. The van der Waals surface area contributed by atoms with Gasteiger partial charge in [-0.3, -0.25) is 4.79 Å². The summed E-state index contributed by atoms with van der Waals surface area (Å²) >= 11 is 1.31. The molecule has 0 radical (unpaired) electrons. The second kappa shape index (κ2) is 7.79. The Labute approximate surface area is 173 Å². The van der Waals surface area contributed by atoms with Crippen LogP contribution in [0.5, 0.6) is 5.75 Å². The summed E-state index contributed by atoms with van der Waals surface area (Å²) in [6, 6.07) is 15.6. The lowest BCUT2D eigenvalue weighted by Gasteiger charge is -2.25. The fraction of sp³-hybridized carbons (Fsp3) is 0.286. The van der Waals surface area contributed by atoms with Gasteiger partial charge < -0.3 is 15.5 Å². The maximum atomic E-state index is 13.2. The van der Waals surface area contributed by atoms with Gasteiger partial charge in [-0.2, -0.15) is 0 Å². The number of para-hydroxylation sites is 1. The number of carbonyl (C=O) groups is 1. The molecule has 3 aromatic rings. The van der Waals surface area contributed by atoms with Gasteiger partial charge in [0.25, 0.3) is 0 Å². The number of benzene rings is 2. The van der Waals surface area contributed by atoms with E-state index in [2.05, 4.69) is 23.2 Å². The van der Waals surface area contributed by atoms with Crippen LogP contribution in [0, 0.1) is 0 Å². The van der Waals surface area contributed by atoms with Crippen molar-refractivity contribution in [3.8, 4) is 17.1 Å². The highest BCUT2D eigenvalue weighted by Crippen LogP contribution is 2.34. The Morgan fingerprint density at radius 1 is 1.21 bits per heavy atom. The van der Waals surface area contributed by atoms with Gasteiger partial charge in [-0.1, -0.05) is 30.0 Å². The minimum Gasteiger partial charge on any atom is -0.497 e. The molecule has 1 aliphatic rings. The number of rotatable bonds is 5. The maximum absolute atomic E-state index is 13.2. The van der Waals surface area contributed by atoms with E-state index in [0.717, 1.165) is 23.4 Å². The summed E-state index contributed by atoms with van der Waals surface area (Å²) in [6.07, 6.45) is 0.869. The van der Waals surface area contributed by atoms with Crippen LogP contribution in [0.3, 0.4) is 0 Å². The van der Waals surface area contributed by atoms with E-state index in [-0.39, 0.29) is 17.2 Å². The van der Waals surface area contributed by atoms with E-state index in [0.29, 0.717) is 11.0 Å². The number of nitrogens with zero attached hydrogens (tertiary/aromatic N) is 4. The van der Waals surface area contributed by atoms with Gasteiger partial charge in [0.15, 0.2) is 5.82 Å². The quantitative estimate of drug-likeness (QED) is 0.515. The van der Waals surface area contributed by atoms with Crippen LogP contribution < -0.4 is 15.5 Å². The average Bonchev–Trinajstić information content (AvgIpc) is 3.26. The fourth-order valence-electron chi connectivity index (χ4n) is 3.60. The Hall–Kier alpha value is -3.00. The van der Waals surface area contributed by atoms with Crippen molar-refractivity contribution in [2.24, 2.45) is 0 Å². The van der Waals surface area contributed by atoms with Crippen LogP contribution in [0.15, 0.2) is 53.7 Å². The molecule has 2 N–H and O–H groups in total. The first-order valence-electron chi connectivity index (χ1n) is 9.42. The Morgan fingerprint density at radius 3 is 2.66 bits per heavy atom. The van der Waals surface area contributed by atoms with Gasteiger partial charge in [0.1, 0.15) is 5.75 Å². The van der Waals surface area contributed by atoms with Crippen LogP contribution in [-0.2, 0) is 11.2 Å². The lowest BCUT2D eigenvalue weighted by atomic mass is 10.1. The molecule has 0 spiro atoms. The number of aromatic nitrogens is 3. The van der Waals surface area contributed by atoms with Crippen LogP contribution in [-0.4, -0.2) is 39.2 Å². The summed E-state index contributed by atoms with van der Waals surface area (Å²) in [7, 11) is 1.62. The molecule has 4 rings (SSSR count). The molecule has 2 heterocycles. The minimum atomic E-state index is -0.348. The number of hydrogen-bond acceptors (Lipinski definition) is 6. The summed E-state index contributed by atoms with van der Waals surface area (Å²) in [5.74, 6) is 7.56. The number of ether oxygens (including phenoxy) is 1. The molecular weight excluding hydrogens is 386 g/mol.